The zero-order chi connectivity index (χ0) is 30.7. The fourth-order valence-electron chi connectivity index (χ4n) is 6.21. The summed E-state index contributed by atoms with van der Waals surface area (Å²) in [6.07, 6.45) is 8.11. The van der Waals surface area contributed by atoms with Crippen LogP contribution in [0.15, 0.2) is 36.4 Å². The summed E-state index contributed by atoms with van der Waals surface area (Å²) in [6, 6.07) is 8.01. The lowest BCUT2D eigenvalue weighted by molar-refractivity contribution is -0.168. The summed E-state index contributed by atoms with van der Waals surface area (Å²) < 4.78 is 5.98. The summed E-state index contributed by atoms with van der Waals surface area (Å²) in [7, 11) is 0. The number of hydrogen-bond donors (Lipinski definition) is 3. The molecule has 4 atom stereocenters. The van der Waals surface area contributed by atoms with Crippen LogP contribution in [-0.4, -0.2) is 58.4 Å². The molecule has 2 fully saturated rings. The predicted molar refractivity (Wildman–Crippen MR) is 163 cm³/mol. The summed E-state index contributed by atoms with van der Waals surface area (Å²) in [5.41, 5.74) is 4.60. The molecule has 1 aliphatic carbocycles. The van der Waals surface area contributed by atoms with Crippen molar-refractivity contribution < 1.29 is 23.9 Å². The predicted octanol–water partition coefficient (Wildman–Crippen LogP) is 3.96. The van der Waals surface area contributed by atoms with E-state index in [2.05, 4.69) is 16.1 Å². The van der Waals surface area contributed by atoms with Crippen molar-refractivity contribution in [2.24, 2.45) is 11.3 Å². The number of esters is 1. The lowest BCUT2D eigenvalue weighted by atomic mass is 9.73. The Balaban J connectivity index is 1.53. The van der Waals surface area contributed by atoms with Crippen molar-refractivity contribution in [3.05, 3.63) is 47.7 Å². The van der Waals surface area contributed by atoms with Gasteiger partial charge < -0.3 is 15.4 Å². The Hall–Kier alpha value is -3.79. The lowest BCUT2D eigenvalue weighted by Gasteiger charge is -2.36. The highest BCUT2D eigenvalue weighted by Gasteiger charge is 2.42. The van der Waals surface area contributed by atoms with Crippen LogP contribution >= 0.6 is 0 Å². The number of nitrogens with zero attached hydrogens (tertiary/aromatic N) is 2. The Morgan fingerprint density at radius 1 is 0.930 bits per heavy atom. The smallest absolute Gasteiger partial charge is 0.316 e. The third-order valence-electron chi connectivity index (χ3n) is 8.88. The fourth-order valence-corrected chi connectivity index (χ4v) is 6.21. The second-order valence-corrected chi connectivity index (χ2v) is 12.6. The molecule has 5 rings (SSSR count). The Kier molecular flexibility index (Phi) is 9.15. The molecule has 43 heavy (non-hydrogen) atoms. The summed E-state index contributed by atoms with van der Waals surface area (Å²) in [5, 5.41) is 8.17. The molecule has 0 radical (unpaired) electrons. The van der Waals surface area contributed by atoms with Crippen LogP contribution in [0.25, 0.3) is 17.0 Å². The van der Waals surface area contributed by atoms with Gasteiger partial charge >= 0.3 is 5.97 Å². The maximum atomic E-state index is 13.8. The first-order valence-corrected chi connectivity index (χ1v) is 15.6. The summed E-state index contributed by atoms with van der Waals surface area (Å²) >= 11 is 0. The average molecular weight is 590 g/mol. The van der Waals surface area contributed by atoms with Crippen molar-refractivity contribution in [3.63, 3.8) is 0 Å². The molecule has 3 N–H and O–H groups in total. The van der Waals surface area contributed by atoms with E-state index in [9.17, 15) is 19.2 Å². The molecule has 3 amide bonds. The first-order valence-electron chi connectivity index (χ1n) is 15.6. The zero-order valence-electron chi connectivity index (χ0n) is 25.5. The first kappa shape index (κ1) is 30.7. The minimum absolute atomic E-state index is 0.226. The molecular weight excluding hydrogens is 546 g/mol. The number of nitrogens with one attached hydrogen (secondary N) is 3. The SMILES string of the molecule is CC(C)C1OC(=O)C2(/C=C/c3ccc4ccc(nc4c3)[C@@H](C)NC(=O)[C@@H]3CCCN(N3)C(=O)[C@H](C)NC1=O)CCCCC2. The number of amides is 3. The van der Waals surface area contributed by atoms with Gasteiger partial charge in [0.25, 0.3) is 11.8 Å². The molecule has 1 saturated carbocycles. The van der Waals surface area contributed by atoms with E-state index in [1.165, 1.54) is 5.01 Å². The Labute approximate surface area is 253 Å². The molecule has 1 unspecified atom stereocenters. The molecule has 1 saturated heterocycles. The van der Waals surface area contributed by atoms with Gasteiger partial charge in [0.1, 0.15) is 12.1 Å². The third kappa shape index (κ3) is 6.74. The van der Waals surface area contributed by atoms with E-state index in [4.69, 9.17) is 9.72 Å². The normalized spacial score (nSPS) is 28.0. The van der Waals surface area contributed by atoms with Crippen molar-refractivity contribution in [2.75, 3.05) is 6.54 Å². The van der Waals surface area contributed by atoms with Crippen molar-refractivity contribution in [3.8, 4) is 0 Å². The van der Waals surface area contributed by atoms with Crippen molar-refractivity contribution in [1.29, 1.82) is 0 Å². The number of cyclic esters (lactones) is 1. The number of pyridine rings is 1. The summed E-state index contributed by atoms with van der Waals surface area (Å²) in [5.74, 6) is -1.82. The molecule has 10 nitrogen and oxygen atoms in total. The number of benzene rings is 1. The lowest BCUT2D eigenvalue weighted by Crippen LogP contribution is -2.61. The van der Waals surface area contributed by atoms with E-state index >= 15 is 0 Å². The highest BCUT2D eigenvalue weighted by Crippen LogP contribution is 2.40. The standard InChI is InChI=1S/C33H43N5O5/c1-20(2)28-30(40)35-22(4)31(41)38-18-8-9-26(37-38)29(39)34-21(3)25-13-12-24-11-10-23(19-27(24)36-25)14-17-33(32(42)43-28)15-6-5-7-16-33/h10-14,17,19-22,26,28,37H,5-9,15-16,18H2,1-4H3,(H,34,39)(H,35,40)/b17-14+/t21-,22+,26+,28?/m1/s1. The van der Waals surface area contributed by atoms with E-state index in [1.54, 1.807) is 6.92 Å². The van der Waals surface area contributed by atoms with Gasteiger partial charge in [-0.2, -0.15) is 0 Å². The zero-order valence-corrected chi connectivity index (χ0v) is 25.5. The third-order valence-corrected chi connectivity index (χ3v) is 8.88. The van der Waals surface area contributed by atoms with Gasteiger partial charge in [0.05, 0.1) is 22.7 Å². The van der Waals surface area contributed by atoms with Gasteiger partial charge in [-0.1, -0.05) is 63.5 Å². The van der Waals surface area contributed by atoms with Gasteiger partial charge in [-0.05, 0) is 63.1 Å². The van der Waals surface area contributed by atoms with Gasteiger partial charge in [0.2, 0.25) is 5.91 Å². The molecular formula is C33H43N5O5. The van der Waals surface area contributed by atoms with E-state index in [1.807, 2.05) is 63.3 Å². The maximum Gasteiger partial charge on any atom is 0.316 e. The number of hydrogen-bond acceptors (Lipinski definition) is 7. The van der Waals surface area contributed by atoms with Crippen molar-refractivity contribution in [2.45, 2.75) is 96.9 Å². The summed E-state index contributed by atoms with van der Waals surface area (Å²) in [6.45, 7) is 7.54. The van der Waals surface area contributed by atoms with Crippen molar-refractivity contribution in [1.82, 2.24) is 26.1 Å². The molecule has 10 heteroatoms. The van der Waals surface area contributed by atoms with Crippen molar-refractivity contribution >= 4 is 40.7 Å². The number of rotatable bonds is 1. The van der Waals surface area contributed by atoms with Gasteiger partial charge in [0.15, 0.2) is 6.10 Å². The fraction of sp³-hybridized carbons (Fsp3) is 0.545. The molecule has 2 aromatic rings. The van der Waals surface area contributed by atoms with Crippen LogP contribution in [0.1, 0.15) is 89.9 Å². The highest BCUT2D eigenvalue weighted by molar-refractivity contribution is 5.92. The van der Waals surface area contributed by atoms with Crippen LogP contribution in [0.4, 0.5) is 0 Å². The van der Waals surface area contributed by atoms with Crippen LogP contribution in [0.5, 0.6) is 0 Å². The molecule has 5 bridgehead atoms. The van der Waals surface area contributed by atoms with Crippen LogP contribution in [-0.2, 0) is 23.9 Å². The molecule has 1 aromatic carbocycles. The second kappa shape index (κ2) is 12.8. The van der Waals surface area contributed by atoms with Crippen LogP contribution in [0.2, 0.25) is 0 Å². The Bertz CT molecular complexity index is 1420. The number of hydrazine groups is 1. The average Bonchev–Trinajstić information content (AvgIpc) is 3.01. The van der Waals surface area contributed by atoms with E-state index in [-0.39, 0.29) is 23.8 Å². The molecule has 3 aliphatic rings. The van der Waals surface area contributed by atoms with E-state index < -0.39 is 35.5 Å². The monoisotopic (exact) mass is 589 g/mol. The van der Waals surface area contributed by atoms with Gasteiger partial charge in [-0.15, -0.1) is 0 Å². The minimum Gasteiger partial charge on any atom is -0.451 e. The highest BCUT2D eigenvalue weighted by atomic mass is 16.5. The van der Waals surface area contributed by atoms with E-state index in [0.717, 1.165) is 41.4 Å². The van der Waals surface area contributed by atoms with Gasteiger partial charge in [0, 0.05) is 11.9 Å². The van der Waals surface area contributed by atoms with E-state index in [0.29, 0.717) is 32.2 Å². The number of carbonyl (C=O) groups is 4. The largest absolute Gasteiger partial charge is 0.451 e. The first-order chi connectivity index (χ1) is 20.6. The quantitative estimate of drug-likeness (QED) is 0.430. The number of fused-ring (bicyclic) bond motifs is 4. The number of carbonyl (C=O) groups excluding carboxylic acids is 4. The molecule has 1 spiro atoms. The minimum atomic E-state index is -1.05. The molecule has 3 heterocycles. The Morgan fingerprint density at radius 2 is 1.65 bits per heavy atom. The Morgan fingerprint density at radius 3 is 2.40 bits per heavy atom. The summed E-state index contributed by atoms with van der Waals surface area (Å²) in [4.78, 5) is 58.7. The van der Waals surface area contributed by atoms with Gasteiger partial charge in [-0.3, -0.25) is 29.2 Å². The number of ether oxygens (including phenoxy) is 1. The van der Waals surface area contributed by atoms with Crippen LogP contribution < -0.4 is 16.1 Å². The van der Waals surface area contributed by atoms with Gasteiger partial charge in [-0.25, -0.2) is 5.43 Å². The maximum absolute atomic E-state index is 13.8. The number of aromatic nitrogens is 1. The van der Waals surface area contributed by atoms with Crippen LogP contribution in [0, 0.1) is 11.3 Å². The molecule has 230 valence electrons. The van der Waals surface area contributed by atoms with Crippen LogP contribution in [0.3, 0.4) is 0 Å². The molecule has 2 aliphatic heterocycles. The topological polar surface area (TPSA) is 130 Å². The molecule has 1 aromatic heterocycles. The second-order valence-electron chi connectivity index (χ2n) is 12.6.